The van der Waals surface area contributed by atoms with Crippen molar-refractivity contribution >= 4 is 17.8 Å². The second kappa shape index (κ2) is 7.57. The van der Waals surface area contributed by atoms with E-state index in [0.29, 0.717) is 12.1 Å². The van der Waals surface area contributed by atoms with Gasteiger partial charge >= 0.3 is 5.97 Å². The van der Waals surface area contributed by atoms with E-state index in [1.807, 2.05) is 12.1 Å². The number of benzene rings is 1. The molecule has 0 atom stereocenters. The van der Waals surface area contributed by atoms with Crippen LogP contribution in [-0.4, -0.2) is 29.4 Å². The van der Waals surface area contributed by atoms with Crippen LogP contribution in [0.15, 0.2) is 24.3 Å². The Morgan fingerprint density at radius 1 is 0.929 bits per heavy atom. The monoisotopic (exact) mass is 384 g/mol. The highest BCUT2D eigenvalue weighted by molar-refractivity contribution is 5.94. The molecular formula is C22H28N2O4. The molecule has 4 aliphatic carbocycles. The molecule has 0 aromatic heterocycles. The van der Waals surface area contributed by atoms with Crippen molar-refractivity contribution in [3.8, 4) is 0 Å². The summed E-state index contributed by atoms with van der Waals surface area (Å²) in [6.45, 7) is 0.582. The van der Waals surface area contributed by atoms with E-state index in [4.69, 9.17) is 5.11 Å². The molecule has 1 aromatic rings. The van der Waals surface area contributed by atoms with E-state index in [-0.39, 0.29) is 30.2 Å². The Morgan fingerprint density at radius 3 is 2.04 bits per heavy atom. The number of hydrogen-bond donors (Lipinski definition) is 3. The summed E-state index contributed by atoms with van der Waals surface area (Å²) in [5.41, 5.74) is 1.31. The van der Waals surface area contributed by atoms with Crippen LogP contribution in [-0.2, 0) is 16.1 Å². The normalized spacial score (nSPS) is 30.1. The van der Waals surface area contributed by atoms with Gasteiger partial charge in [0.25, 0.3) is 5.91 Å². The molecule has 28 heavy (non-hydrogen) atoms. The summed E-state index contributed by atoms with van der Waals surface area (Å²) < 4.78 is 0. The fraction of sp³-hybridized carbons (Fsp3) is 0.591. The zero-order chi connectivity index (χ0) is 19.7. The molecule has 4 bridgehead atoms. The van der Waals surface area contributed by atoms with Gasteiger partial charge in [-0.25, -0.2) is 0 Å². The average molecular weight is 384 g/mol. The molecule has 0 unspecified atom stereocenters. The van der Waals surface area contributed by atoms with Crippen LogP contribution in [0.4, 0.5) is 0 Å². The molecular weight excluding hydrogens is 356 g/mol. The third kappa shape index (κ3) is 3.91. The molecule has 3 N–H and O–H groups in total. The third-order valence-electron chi connectivity index (χ3n) is 6.81. The van der Waals surface area contributed by atoms with Gasteiger partial charge in [0, 0.05) is 24.1 Å². The molecule has 5 rings (SSSR count). The minimum Gasteiger partial charge on any atom is -0.481 e. The van der Waals surface area contributed by atoms with E-state index in [2.05, 4.69) is 10.6 Å². The molecule has 2 amide bonds. The first-order valence-corrected chi connectivity index (χ1v) is 10.3. The van der Waals surface area contributed by atoms with Crippen molar-refractivity contribution in [2.45, 2.75) is 51.5 Å². The molecule has 1 aromatic carbocycles. The molecule has 0 radical (unpaired) electrons. The minimum absolute atomic E-state index is 0.0970. The fourth-order valence-corrected chi connectivity index (χ4v) is 5.92. The Balaban J connectivity index is 1.30. The van der Waals surface area contributed by atoms with Crippen LogP contribution in [0.25, 0.3) is 0 Å². The molecule has 4 aliphatic rings. The number of amides is 2. The number of carboxylic acid groups (broad SMARTS) is 1. The number of nitrogens with one attached hydrogen (secondary N) is 2. The summed E-state index contributed by atoms with van der Waals surface area (Å²) in [5.74, 6) is 1.22. The lowest BCUT2D eigenvalue weighted by atomic mass is 9.49. The van der Waals surface area contributed by atoms with Crippen molar-refractivity contribution in [3.05, 3.63) is 35.4 Å². The van der Waals surface area contributed by atoms with Gasteiger partial charge in [0.15, 0.2) is 0 Å². The molecule has 6 heteroatoms. The molecule has 0 heterocycles. The van der Waals surface area contributed by atoms with E-state index in [1.54, 1.807) is 12.1 Å². The maximum absolute atomic E-state index is 13.0. The van der Waals surface area contributed by atoms with E-state index < -0.39 is 5.97 Å². The van der Waals surface area contributed by atoms with Gasteiger partial charge in [-0.1, -0.05) is 12.1 Å². The smallest absolute Gasteiger partial charge is 0.305 e. The Labute approximate surface area is 165 Å². The second-order valence-electron chi connectivity index (χ2n) is 8.98. The summed E-state index contributed by atoms with van der Waals surface area (Å²) >= 11 is 0. The van der Waals surface area contributed by atoms with E-state index >= 15 is 0 Å². The van der Waals surface area contributed by atoms with Gasteiger partial charge in [0.05, 0.1) is 6.42 Å². The van der Waals surface area contributed by atoms with Crippen LogP contribution in [0.3, 0.4) is 0 Å². The third-order valence-corrected chi connectivity index (χ3v) is 6.81. The van der Waals surface area contributed by atoms with Crippen molar-refractivity contribution in [3.63, 3.8) is 0 Å². The molecule has 150 valence electrons. The summed E-state index contributed by atoms with van der Waals surface area (Å²) in [7, 11) is 0. The molecule has 4 fully saturated rings. The van der Waals surface area contributed by atoms with Crippen molar-refractivity contribution in [2.24, 2.45) is 23.2 Å². The number of carboxylic acids is 1. The first kappa shape index (κ1) is 19.0. The molecule has 0 aliphatic heterocycles. The molecule has 4 saturated carbocycles. The topological polar surface area (TPSA) is 95.5 Å². The zero-order valence-corrected chi connectivity index (χ0v) is 16.1. The number of carbonyl (C=O) groups excluding carboxylic acids is 2. The first-order valence-electron chi connectivity index (χ1n) is 10.3. The molecule has 0 spiro atoms. The number of hydrogen-bond acceptors (Lipinski definition) is 3. The predicted molar refractivity (Wildman–Crippen MR) is 103 cm³/mol. The van der Waals surface area contributed by atoms with Crippen molar-refractivity contribution in [1.29, 1.82) is 0 Å². The van der Waals surface area contributed by atoms with E-state index in [1.165, 1.54) is 19.3 Å². The summed E-state index contributed by atoms with van der Waals surface area (Å²) in [6.07, 6.45) is 7.04. The van der Waals surface area contributed by atoms with Gasteiger partial charge in [0.1, 0.15) is 0 Å². The first-order chi connectivity index (χ1) is 13.4. The highest BCUT2D eigenvalue weighted by Gasteiger charge is 2.54. The van der Waals surface area contributed by atoms with Gasteiger partial charge in [0.2, 0.25) is 5.91 Å². The Bertz CT molecular complexity index is 736. The maximum atomic E-state index is 13.0. The van der Waals surface area contributed by atoms with Crippen LogP contribution in [0, 0.1) is 23.2 Å². The second-order valence-corrected chi connectivity index (χ2v) is 8.98. The zero-order valence-electron chi connectivity index (χ0n) is 16.1. The van der Waals surface area contributed by atoms with Crippen LogP contribution < -0.4 is 10.6 Å². The SMILES string of the molecule is O=C(O)CCNC(=O)c1ccc(CNC(=O)C23CC4CC(CC(C4)C2)C3)cc1. The van der Waals surface area contributed by atoms with Crippen molar-refractivity contribution in [1.82, 2.24) is 10.6 Å². The molecule has 6 nitrogen and oxygen atoms in total. The maximum Gasteiger partial charge on any atom is 0.305 e. The Morgan fingerprint density at radius 2 is 1.50 bits per heavy atom. The highest BCUT2D eigenvalue weighted by atomic mass is 16.4. The minimum atomic E-state index is -0.939. The van der Waals surface area contributed by atoms with Crippen LogP contribution in [0.5, 0.6) is 0 Å². The number of aliphatic carboxylic acids is 1. The summed E-state index contributed by atoms with van der Waals surface area (Å²) in [5, 5.41) is 14.3. The average Bonchev–Trinajstić information content (AvgIpc) is 2.65. The predicted octanol–water partition coefficient (Wildman–Crippen LogP) is 2.72. The quantitative estimate of drug-likeness (QED) is 0.674. The number of rotatable bonds is 7. The largest absolute Gasteiger partial charge is 0.481 e. The van der Waals surface area contributed by atoms with Gasteiger partial charge < -0.3 is 15.7 Å². The lowest BCUT2D eigenvalue weighted by Crippen LogP contribution is -2.53. The summed E-state index contributed by atoms with van der Waals surface area (Å²) in [4.78, 5) is 35.5. The Hall–Kier alpha value is -2.37. The highest BCUT2D eigenvalue weighted by Crippen LogP contribution is 2.60. The van der Waals surface area contributed by atoms with Gasteiger partial charge in [-0.3, -0.25) is 14.4 Å². The summed E-state index contributed by atoms with van der Waals surface area (Å²) in [6, 6.07) is 7.10. The van der Waals surface area contributed by atoms with Crippen LogP contribution in [0.1, 0.15) is 60.9 Å². The van der Waals surface area contributed by atoms with Crippen molar-refractivity contribution < 1.29 is 19.5 Å². The Kier molecular flexibility index (Phi) is 5.13. The van der Waals surface area contributed by atoms with E-state index in [9.17, 15) is 14.4 Å². The van der Waals surface area contributed by atoms with Crippen LogP contribution >= 0.6 is 0 Å². The lowest BCUT2D eigenvalue weighted by Gasteiger charge is -2.55. The van der Waals surface area contributed by atoms with Crippen molar-refractivity contribution in [2.75, 3.05) is 6.54 Å². The standard InChI is InChI=1S/C22H28N2O4/c25-19(26)5-6-23-20(27)18-3-1-14(2-4-18)13-24-21(28)22-10-15-7-16(11-22)9-17(8-15)12-22/h1-4,15-17H,5-13H2,(H,23,27)(H,24,28)(H,25,26). The molecule has 0 saturated heterocycles. The lowest BCUT2D eigenvalue weighted by molar-refractivity contribution is -0.146. The van der Waals surface area contributed by atoms with E-state index in [0.717, 1.165) is 42.6 Å². The van der Waals surface area contributed by atoms with Gasteiger partial charge in [-0.2, -0.15) is 0 Å². The van der Waals surface area contributed by atoms with Gasteiger partial charge in [-0.05, 0) is 74.0 Å². The fourth-order valence-electron chi connectivity index (χ4n) is 5.92. The van der Waals surface area contributed by atoms with Crippen LogP contribution in [0.2, 0.25) is 0 Å². The van der Waals surface area contributed by atoms with Gasteiger partial charge in [-0.15, -0.1) is 0 Å². The number of carbonyl (C=O) groups is 3.